The molecule has 0 bridgehead atoms. The summed E-state index contributed by atoms with van der Waals surface area (Å²) < 4.78 is 0. The zero-order chi connectivity index (χ0) is 12.6. The number of carbonyl (C=O) groups excluding carboxylic acids is 1. The Bertz CT molecular complexity index is 433. The molecular weight excluding hydrogens is 216 g/mol. The van der Waals surface area contributed by atoms with Crippen LogP contribution in [-0.4, -0.2) is 39.6 Å². The van der Waals surface area contributed by atoms with Crippen LogP contribution in [0.3, 0.4) is 0 Å². The van der Waals surface area contributed by atoms with Gasteiger partial charge in [-0.1, -0.05) is 19.9 Å². The van der Waals surface area contributed by atoms with E-state index in [2.05, 4.69) is 4.98 Å². The first kappa shape index (κ1) is 12.0. The Morgan fingerprint density at radius 3 is 2.65 bits per heavy atom. The van der Waals surface area contributed by atoms with Crippen molar-refractivity contribution >= 4 is 5.91 Å². The maximum absolute atomic E-state index is 12.0. The molecule has 1 aliphatic rings. The predicted octanol–water partition coefficient (Wildman–Crippen LogP) is 1.41. The van der Waals surface area contributed by atoms with Gasteiger partial charge in [0.15, 0.2) is 0 Å². The lowest BCUT2D eigenvalue weighted by Crippen LogP contribution is -2.61. The van der Waals surface area contributed by atoms with Gasteiger partial charge in [0.1, 0.15) is 5.69 Å². The van der Waals surface area contributed by atoms with E-state index >= 15 is 0 Å². The third kappa shape index (κ3) is 2.47. The Balaban J connectivity index is 2.13. The molecule has 4 heteroatoms. The number of hydrogen-bond acceptors (Lipinski definition) is 3. The smallest absolute Gasteiger partial charge is 0.272 e. The number of hydrogen-bond donors (Lipinski definition) is 1. The predicted molar refractivity (Wildman–Crippen MR) is 64.9 cm³/mol. The van der Waals surface area contributed by atoms with Gasteiger partial charge in [0.25, 0.3) is 5.91 Å². The molecule has 2 rings (SSSR count). The van der Waals surface area contributed by atoms with E-state index in [0.29, 0.717) is 24.7 Å². The summed E-state index contributed by atoms with van der Waals surface area (Å²) in [5.74, 6) is 0.210. The summed E-state index contributed by atoms with van der Waals surface area (Å²) in [7, 11) is 0. The highest BCUT2D eigenvalue weighted by atomic mass is 16.3. The van der Waals surface area contributed by atoms with Gasteiger partial charge in [0.05, 0.1) is 18.7 Å². The molecule has 92 valence electrons. The number of aromatic nitrogens is 1. The van der Waals surface area contributed by atoms with E-state index in [1.165, 1.54) is 0 Å². The molecule has 17 heavy (non-hydrogen) atoms. The van der Waals surface area contributed by atoms with E-state index in [1.54, 1.807) is 17.9 Å². The second-order valence-electron chi connectivity index (χ2n) is 5.26. The summed E-state index contributed by atoms with van der Waals surface area (Å²) in [6, 6.07) is 5.50. The average molecular weight is 234 g/mol. The van der Waals surface area contributed by atoms with Crippen LogP contribution in [0.2, 0.25) is 0 Å². The van der Waals surface area contributed by atoms with Crippen LogP contribution in [0.1, 0.15) is 42.9 Å². The van der Waals surface area contributed by atoms with Crippen molar-refractivity contribution in [2.75, 3.05) is 13.1 Å². The fourth-order valence-corrected chi connectivity index (χ4v) is 1.97. The summed E-state index contributed by atoms with van der Waals surface area (Å²) in [5, 5.41) is 9.61. The van der Waals surface area contributed by atoms with Gasteiger partial charge in [-0.25, -0.2) is 4.98 Å². The van der Waals surface area contributed by atoms with Crippen LogP contribution in [0, 0.1) is 0 Å². The third-order valence-electron chi connectivity index (χ3n) is 2.93. The Hall–Kier alpha value is -1.42. The number of pyridine rings is 1. The minimum Gasteiger partial charge on any atom is -0.386 e. The normalized spacial score (nSPS) is 18.1. The van der Waals surface area contributed by atoms with Crippen molar-refractivity contribution in [1.29, 1.82) is 0 Å². The molecule has 0 atom stereocenters. The summed E-state index contributed by atoms with van der Waals surface area (Å²) in [4.78, 5) is 18.0. The molecule has 0 aromatic carbocycles. The summed E-state index contributed by atoms with van der Waals surface area (Å²) in [6.07, 6.45) is 0. The van der Waals surface area contributed by atoms with Crippen LogP contribution in [0.4, 0.5) is 0 Å². The number of amides is 1. The monoisotopic (exact) mass is 234 g/mol. The lowest BCUT2D eigenvalue weighted by Gasteiger charge is -2.43. The number of rotatable bonds is 2. The zero-order valence-corrected chi connectivity index (χ0v) is 10.5. The van der Waals surface area contributed by atoms with Gasteiger partial charge in [-0.3, -0.25) is 4.79 Å². The van der Waals surface area contributed by atoms with Crippen molar-refractivity contribution in [3.05, 3.63) is 29.6 Å². The summed E-state index contributed by atoms with van der Waals surface area (Å²) >= 11 is 0. The quantitative estimate of drug-likeness (QED) is 0.841. The molecule has 0 unspecified atom stereocenters. The number of likely N-dealkylation sites (tertiary alicyclic amines) is 1. The Morgan fingerprint density at radius 2 is 2.12 bits per heavy atom. The number of carbonyl (C=O) groups is 1. The van der Waals surface area contributed by atoms with Gasteiger partial charge in [-0.15, -0.1) is 0 Å². The number of β-amino-alcohol motifs (C(OH)–C–C–N with tert-alkyl or cyclic N) is 1. The van der Waals surface area contributed by atoms with Gasteiger partial charge >= 0.3 is 0 Å². The van der Waals surface area contributed by atoms with E-state index in [1.807, 2.05) is 26.0 Å². The lowest BCUT2D eigenvalue weighted by molar-refractivity contribution is -0.0670. The first-order valence-corrected chi connectivity index (χ1v) is 5.88. The number of aliphatic hydroxyl groups is 1. The van der Waals surface area contributed by atoms with Gasteiger partial charge < -0.3 is 10.0 Å². The molecular formula is C13H18N2O2. The molecule has 0 radical (unpaired) electrons. The van der Waals surface area contributed by atoms with Crippen LogP contribution in [-0.2, 0) is 0 Å². The minimum atomic E-state index is -0.731. The summed E-state index contributed by atoms with van der Waals surface area (Å²) in [5.41, 5.74) is 0.653. The molecule has 1 aromatic heterocycles. The standard InChI is InChI=1S/C13H18N2O2/c1-9(2)10-5-4-6-11(14-10)12(16)15-7-13(3,17)8-15/h4-6,9,17H,7-8H2,1-3H3. The molecule has 1 N–H and O–H groups in total. The molecule has 1 aliphatic heterocycles. The topological polar surface area (TPSA) is 53.4 Å². The molecule has 0 aliphatic carbocycles. The van der Waals surface area contributed by atoms with Crippen LogP contribution >= 0.6 is 0 Å². The highest BCUT2D eigenvalue weighted by molar-refractivity contribution is 5.93. The fourth-order valence-electron chi connectivity index (χ4n) is 1.97. The number of nitrogens with zero attached hydrogens (tertiary/aromatic N) is 2. The molecule has 0 saturated carbocycles. The van der Waals surface area contributed by atoms with Crippen molar-refractivity contribution in [2.24, 2.45) is 0 Å². The molecule has 1 saturated heterocycles. The second-order valence-corrected chi connectivity index (χ2v) is 5.26. The fraction of sp³-hybridized carbons (Fsp3) is 0.538. The third-order valence-corrected chi connectivity index (χ3v) is 2.93. The van der Waals surface area contributed by atoms with Crippen molar-refractivity contribution in [2.45, 2.75) is 32.3 Å². The highest BCUT2D eigenvalue weighted by Gasteiger charge is 2.40. The van der Waals surface area contributed by atoms with E-state index in [0.717, 1.165) is 5.69 Å². The highest BCUT2D eigenvalue weighted by Crippen LogP contribution is 2.22. The molecule has 1 amide bonds. The molecule has 0 spiro atoms. The lowest BCUT2D eigenvalue weighted by atomic mass is 9.96. The molecule has 1 aromatic rings. The molecule has 1 fully saturated rings. The van der Waals surface area contributed by atoms with E-state index in [4.69, 9.17) is 0 Å². The minimum absolute atomic E-state index is 0.0981. The van der Waals surface area contributed by atoms with Crippen molar-refractivity contribution in [1.82, 2.24) is 9.88 Å². The largest absolute Gasteiger partial charge is 0.386 e. The Labute approximate surface area is 101 Å². The van der Waals surface area contributed by atoms with Crippen molar-refractivity contribution < 1.29 is 9.90 Å². The van der Waals surface area contributed by atoms with Gasteiger partial charge in [-0.05, 0) is 25.0 Å². The van der Waals surface area contributed by atoms with E-state index in [9.17, 15) is 9.90 Å². The van der Waals surface area contributed by atoms with Crippen LogP contribution < -0.4 is 0 Å². The first-order chi connectivity index (χ1) is 7.89. The zero-order valence-electron chi connectivity index (χ0n) is 10.5. The van der Waals surface area contributed by atoms with Crippen LogP contribution in [0.25, 0.3) is 0 Å². The Kier molecular flexibility index (Phi) is 2.91. The molecule has 2 heterocycles. The van der Waals surface area contributed by atoms with Crippen LogP contribution in [0.15, 0.2) is 18.2 Å². The SMILES string of the molecule is CC(C)c1cccc(C(=O)N2CC(C)(O)C2)n1. The second kappa shape index (κ2) is 4.11. The van der Waals surface area contributed by atoms with Gasteiger partial charge in [0.2, 0.25) is 0 Å². The van der Waals surface area contributed by atoms with E-state index in [-0.39, 0.29) is 5.91 Å². The maximum Gasteiger partial charge on any atom is 0.272 e. The van der Waals surface area contributed by atoms with Crippen molar-refractivity contribution in [3.63, 3.8) is 0 Å². The van der Waals surface area contributed by atoms with E-state index < -0.39 is 5.60 Å². The van der Waals surface area contributed by atoms with Gasteiger partial charge in [0, 0.05) is 5.69 Å². The van der Waals surface area contributed by atoms with Crippen LogP contribution in [0.5, 0.6) is 0 Å². The Morgan fingerprint density at radius 1 is 1.47 bits per heavy atom. The van der Waals surface area contributed by atoms with Gasteiger partial charge in [-0.2, -0.15) is 0 Å². The summed E-state index contributed by atoms with van der Waals surface area (Å²) in [6.45, 7) is 6.60. The molecule has 4 nitrogen and oxygen atoms in total. The maximum atomic E-state index is 12.0. The average Bonchev–Trinajstić information content (AvgIpc) is 2.25. The van der Waals surface area contributed by atoms with Crippen molar-refractivity contribution in [3.8, 4) is 0 Å². The first-order valence-electron chi connectivity index (χ1n) is 5.88.